The van der Waals surface area contributed by atoms with Crippen molar-refractivity contribution in [3.8, 4) is 0 Å². The Morgan fingerprint density at radius 3 is 2.63 bits per heavy atom. The van der Waals surface area contributed by atoms with Crippen molar-refractivity contribution in [2.75, 3.05) is 30.0 Å². The van der Waals surface area contributed by atoms with Crippen LogP contribution in [-0.4, -0.2) is 61.8 Å². The predicted octanol–water partition coefficient (Wildman–Crippen LogP) is 1.23. The third kappa shape index (κ3) is 6.06. The fourth-order valence-electron chi connectivity index (χ4n) is 2.99. The predicted molar refractivity (Wildman–Crippen MR) is 100 cm³/mol. The van der Waals surface area contributed by atoms with Crippen LogP contribution in [0, 0.1) is 0 Å². The largest absolute Gasteiger partial charge is 0.452 e. The van der Waals surface area contributed by atoms with Crippen molar-refractivity contribution >= 4 is 33.3 Å². The molecule has 1 fully saturated rings. The first-order valence-electron chi connectivity index (χ1n) is 8.76. The van der Waals surface area contributed by atoms with Gasteiger partial charge in [-0.1, -0.05) is 13.0 Å². The average molecular weight is 396 g/mol. The molecule has 2 amide bonds. The zero-order valence-electron chi connectivity index (χ0n) is 15.4. The molecule has 1 heterocycles. The zero-order chi connectivity index (χ0) is 20.0. The third-order valence-corrected chi connectivity index (χ3v) is 5.93. The van der Waals surface area contributed by atoms with Gasteiger partial charge in [0.05, 0.1) is 17.1 Å². The third-order valence-electron chi connectivity index (χ3n) is 4.18. The molecule has 1 aromatic carbocycles. The van der Waals surface area contributed by atoms with Crippen molar-refractivity contribution in [2.24, 2.45) is 0 Å². The smallest absolute Gasteiger partial charge is 0.338 e. The number of amides is 2. The molecule has 27 heavy (non-hydrogen) atoms. The molecule has 0 unspecified atom stereocenters. The first-order chi connectivity index (χ1) is 12.7. The lowest BCUT2D eigenvalue weighted by molar-refractivity contribution is -0.136. The van der Waals surface area contributed by atoms with Gasteiger partial charge in [0.25, 0.3) is 5.91 Å². The van der Waals surface area contributed by atoms with Crippen molar-refractivity contribution in [3.63, 3.8) is 0 Å². The fraction of sp³-hybridized carbons (Fsp3) is 0.500. The lowest BCUT2D eigenvalue weighted by atomic mass is 10.2. The number of hydrogen-bond donors (Lipinski definition) is 1. The molecule has 0 aromatic heterocycles. The average Bonchev–Trinajstić information content (AvgIpc) is 2.96. The second kappa shape index (κ2) is 8.98. The molecular weight excluding hydrogens is 372 g/mol. The Hall–Kier alpha value is -2.42. The molecule has 9 heteroatoms. The van der Waals surface area contributed by atoms with E-state index in [2.05, 4.69) is 5.32 Å². The molecule has 1 aliphatic heterocycles. The number of carbonyl (C=O) groups excluding carboxylic acids is 3. The number of anilines is 1. The van der Waals surface area contributed by atoms with Gasteiger partial charge in [-0.05, 0) is 31.0 Å². The van der Waals surface area contributed by atoms with Crippen molar-refractivity contribution in [1.29, 1.82) is 0 Å². The summed E-state index contributed by atoms with van der Waals surface area (Å²) in [4.78, 5) is 37.3. The van der Waals surface area contributed by atoms with Crippen LogP contribution in [0.1, 0.15) is 37.0 Å². The van der Waals surface area contributed by atoms with Crippen molar-refractivity contribution < 1.29 is 27.5 Å². The molecule has 1 saturated heterocycles. The maximum absolute atomic E-state index is 12.5. The SMILES string of the molecule is CCCN(C(=O)COC(=O)c1cccc(NC(C)=O)c1)[C@H]1CCS(=O)(=O)C1. The number of sulfone groups is 1. The maximum Gasteiger partial charge on any atom is 0.338 e. The molecule has 0 bridgehead atoms. The van der Waals surface area contributed by atoms with E-state index in [0.717, 1.165) is 0 Å². The van der Waals surface area contributed by atoms with Crippen molar-refractivity contribution in [3.05, 3.63) is 29.8 Å². The number of rotatable bonds is 7. The van der Waals surface area contributed by atoms with E-state index < -0.39 is 28.3 Å². The molecule has 8 nitrogen and oxygen atoms in total. The Morgan fingerprint density at radius 1 is 1.30 bits per heavy atom. The van der Waals surface area contributed by atoms with Crippen LogP contribution in [0.5, 0.6) is 0 Å². The maximum atomic E-state index is 12.5. The van der Waals surface area contributed by atoms with Crippen LogP contribution < -0.4 is 5.32 Å². The van der Waals surface area contributed by atoms with E-state index in [1.165, 1.54) is 24.0 Å². The van der Waals surface area contributed by atoms with Gasteiger partial charge in [-0.15, -0.1) is 0 Å². The van der Waals surface area contributed by atoms with Gasteiger partial charge in [0.15, 0.2) is 16.4 Å². The molecule has 0 spiro atoms. The molecule has 1 aromatic rings. The van der Waals surface area contributed by atoms with Gasteiger partial charge in [0.1, 0.15) is 0 Å². The van der Waals surface area contributed by atoms with Crippen LogP contribution in [0.2, 0.25) is 0 Å². The molecule has 2 rings (SSSR count). The van der Waals surface area contributed by atoms with Crippen LogP contribution in [0.4, 0.5) is 5.69 Å². The summed E-state index contributed by atoms with van der Waals surface area (Å²) in [6, 6.07) is 5.83. The van der Waals surface area contributed by atoms with Gasteiger partial charge in [-0.2, -0.15) is 0 Å². The quantitative estimate of drug-likeness (QED) is 0.694. The molecule has 1 N–H and O–H groups in total. The van der Waals surface area contributed by atoms with E-state index in [9.17, 15) is 22.8 Å². The van der Waals surface area contributed by atoms with E-state index in [4.69, 9.17) is 4.74 Å². The molecule has 1 atom stereocenters. The van der Waals surface area contributed by atoms with Gasteiger partial charge in [-0.3, -0.25) is 9.59 Å². The van der Waals surface area contributed by atoms with Gasteiger partial charge < -0.3 is 15.0 Å². The summed E-state index contributed by atoms with van der Waals surface area (Å²) in [5.41, 5.74) is 0.659. The van der Waals surface area contributed by atoms with Crippen LogP contribution in [0.3, 0.4) is 0 Å². The number of carbonyl (C=O) groups is 3. The highest BCUT2D eigenvalue weighted by molar-refractivity contribution is 7.91. The minimum absolute atomic E-state index is 0.0502. The summed E-state index contributed by atoms with van der Waals surface area (Å²) in [7, 11) is -3.12. The topological polar surface area (TPSA) is 110 Å². The molecular formula is C18H24N2O6S. The van der Waals surface area contributed by atoms with Gasteiger partial charge in [0, 0.05) is 25.2 Å². The first-order valence-corrected chi connectivity index (χ1v) is 10.6. The number of nitrogens with one attached hydrogen (secondary N) is 1. The minimum atomic E-state index is -3.12. The number of benzene rings is 1. The Morgan fingerprint density at radius 2 is 2.04 bits per heavy atom. The molecule has 0 saturated carbocycles. The molecule has 148 valence electrons. The van der Waals surface area contributed by atoms with Crippen LogP contribution >= 0.6 is 0 Å². The molecule has 0 radical (unpaired) electrons. The highest BCUT2D eigenvalue weighted by Gasteiger charge is 2.34. The monoisotopic (exact) mass is 396 g/mol. The van der Waals surface area contributed by atoms with Gasteiger partial charge in [0.2, 0.25) is 5.91 Å². The van der Waals surface area contributed by atoms with Crippen LogP contribution in [0.15, 0.2) is 24.3 Å². The van der Waals surface area contributed by atoms with E-state index in [1.807, 2.05) is 6.92 Å². The van der Waals surface area contributed by atoms with E-state index in [-0.39, 0.29) is 29.0 Å². The Labute approximate surface area is 158 Å². The normalized spacial score (nSPS) is 17.9. The number of hydrogen-bond acceptors (Lipinski definition) is 6. The summed E-state index contributed by atoms with van der Waals surface area (Å²) in [6.07, 6.45) is 1.08. The second-order valence-electron chi connectivity index (χ2n) is 6.48. The van der Waals surface area contributed by atoms with E-state index >= 15 is 0 Å². The zero-order valence-corrected chi connectivity index (χ0v) is 16.3. The summed E-state index contributed by atoms with van der Waals surface area (Å²) in [5.74, 6) is -1.35. The molecule has 1 aliphatic rings. The summed E-state index contributed by atoms with van der Waals surface area (Å²) >= 11 is 0. The van der Waals surface area contributed by atoms with Crippen molar-refractivity contribution in [2.45, 2.75) is 32.7 Å². The van der Waals surface area contributed by atoms with E-state index in [0.29, 0.717) is 25.1 Å². The van der Waals surface area contributed by atoms with Crippen molar-refractivity contribution in [1.82, 2.24) is 4.90 Å². The number of nitrogens with zero attached hydrogens (tertiary/aromatic N) is 1. The second-order valence-corrected chi connectivity index (χ2v) is 8.71. The lowest BCUT2D eigenvalue weighted by Gasteiger charge is -2.27. The number of esters is 1. The summed E-state index contributed by atoms with van der Waals surface area (Å²) in [5, 5.41) is 2.57. The Kier molecular flexibility index (Phi) is 6.95. The number of ether oxygens (including phenoxy) is 1. The highest BCUT2D eigenvalue weighted by Crippen LogP contribution is 2.19. The Balaban J connectivity index is 1.98. The lowest BCUT2D eigenvalue weighted by Crippen LogP contribution is -2.43. The standard InChI is InChI=1S/C18H24N2O6S/c1-3-8-20(16-7-9-27(24,25)12-16)17(22)11-26-18(23)14-5-4-6-15(10-14)19-13(2)21/h4-6,10,16H,3,7-9,11-12H2,1-2H3,(H,19,21)/t16-/m0/s1. The van der Waals surface area contributed by atoms with Crippen LogP contribution in [-0.2, 0) is 24.2 Å². The minimum Gasteiger partial charge on any atom is -0.452 e. The summed E-state index contributed by atoms with van der Waals surface area (Å²) < 4.78 is 28.5. The highest BCUT2D eigenvalue weighted by atomic mass is 32.2. The first kappa shape index (κ1) is 20.9. The summed E-state index contributed by atoms with van der Waals surface area (Å²) in [6.45, 7) is 3.20. The van der Waals surface area contributed by atoms with Gasteiger partial charge in [-0.25, -0.2) is 13.2 Å². The van der Waals surface area contributed by atoms with Gasteiger partial charge >= 0.3 is 5.97 Å². The fourth-order valence-corrected chi connectivity index (χ4v) is 4.72. The van der Waals surface area contributed by atoms with Crippen LogP contribution in [0.25, 0.3) is 0 Å². The van der Waals surface area contributed by atoms with E-state index in [1.54, 1.807) is 12.1 Å². The Bertz CT molecular complexity index is 821. The molecule has 0 aliphatic carbocycles.